The lowest BCUT2D eigenvalue weighted by Crippen LogP contribution is -2.13. The number of benzene rings is 2. The van der Waals surface area contributed by atoms with Gasteiger partial charge in [0.25, 0.3) is 0 Å². The molecule has 34 heavy (non-hydrogen) atoms. The summed E-state index contributed by atoms with van der Waals surface area (Å²) in [5, 5.41) is 22.8. The van der Waals surface area contributed by atoms with Crippen LogP contribution in [0, 0.1) is 17.3 Å². The summed E-state index contributed by atoms with van der Waals surface area (Å²) in [7, 11) is 0. The summed E-state index contributed by atoms with van der Waals surface area (Å²) in [6.07, 6.45) is 2.59. The molecule has 0 bridgehead atoms. The number of Topliss-reactive ketones (excluding diaryl/α,β-unsaturated/α-hetero) is 1. The van der Waals surface area contributed by atoms with E-state index in [1.807, 2.05) is 38.1 Å². The average molecular weight is 515 g/mol. The highest BCUT2D eigenvalue weighted by Gasteiger charge is 2.24. The predicted molar refractivity (Wildman–Crippen MR) is 135 cm³/mol. The molecule has 1 aliphatic rings. The zero-order valence-corrected chi connectivity index (χ0v) is 21.2. The first-order valence-electron chi connectivity index (χ1n) is 10.9. The third-order valence-corrected chi connectivity index (χ3v) is 7.07. The Bertz CT molecular complexity index is 1280. The van der Waals surface area contributed by atoms with Gasteiger partial charge < -0.3 is 5.11 Å². The Kier molecular flexibility index (Phi) is 7.63. The molecule has 2 aromatic carbocycles. The molecule has 1 N–H and O–H groups in total. The largest absolute Gasteiger partial charge is 0.395 e. The molecule has 0 amide bonds. The van der Waals surface area contributed by atoms with Crippen molar-refractivity contribution >= 4 is 40.7 Å². The molecule has 0 atom stereocenters. The van der Waals surface area contributed by atoms with Gasteiger partial charge in [-0.2, -0.15) is 4.68 Å². The van der Waals surface area contributed by atoms with Gasteiger partial charge in [0.05, 0.1) is 23.1 Å². The monoisotopic (exact) mass is 514 g/mol. The second kappa shape index (κ2) is 10.5. The van der Waals surface area contributed by atoms with Crippen LogP contribution in [0.3, 0.4) is 0 Å². The summed E-state index contributed by atoms with van der Waals surface area (Å²) in [5.74, 6) is 6.84. The van der Waals surface area contributed by atoms with E-state index in [1.165, 1.54) is 30.2 Å². The molecule has 1 fully saturated rings. The van der Waals surface area contributed by atoms with E-state index < -0.39 is 5.41 Å². The summed E-state index contributed by atoms with van der Waals surface area (Å²) >= 11 is 14.1. The van der Waals surface area contributed by atoms with Crippen molar-refractivity contribution in [2.24, 2.45) is 5.41 Å². The van der Waals surface area contributed by atoms with Crippen LogP contribution in [-0.2, 0) is 11.2 Å². The third-order valence-electron chi connectivity index (χ3n) is 5.43. The number of carbonyl (C=O) groups excluding carboxylic acids is 1. The molecule has 6 nitrogen and oxygen atoms in total. The second-order valence-corrected chi connectivity index (χ2v) is 10.7. The van der Waals surface area contributed by atoms with E-state index in [0.29, 0.717) is 26.8 Å². The summed E-state index contributed by atoms with van der Waals surface area (Å²) in [4.78, 5) is 12.6. The predicted octanol–water partition coefficient (Wildman–Crippen LogP) is 5.12. The van der Waals surface area contributed by atoms with Crippen LogP contribution in [0.15, 0.2) is 41.6 Å². The molecule has 0 spiro atoms. The maximum Gasteiger partial charge on any atom is 0.214 e. The van der Waals surface area contributed by atoms with Gasteiger partial charge >= 0.3 is 0 Å². The van der Waals surface area contributed by atoms with Crippen molar-refractivity contribution in [2.45, 2.75) is 44.2 Å². The fraction of sp³-hybridized carbons (Fsp3) is 0.360. The van der Waals surface area contributed by atoms with Crippen molar-refractivity contribution in [2.75, 3.05) is 12.4 Å². The van der Waals surface area contributed by atoms with Crippen molar-refractivity contribution in [1.29, 1.82) is 0 Å². The van der Waals surface area contributed by atoms with Gasteiger partial charge in [-0.3, -0.25) is 4.79 Å². The number of hydrogen-bond donors (Lipinski definition) is 1. The fourth-order valence-electron chi connectivity index (χ4n) is 3.24. The molecule has 0 radical (unpaired) electrons. The lowest BCUT2D eigenvalue weighted by molar-refractivity contribution is -0.116. The van der Waals surface area contributed by atoms with E-state index in [-0.39, 0.29) is 24.6 Å². The number of tetrazole rings is 1. The molecule has 3 aromatic rings. The Hall–Kier alpha value is -2.37. The van der Waals surface area contributed by atoms with E-state index in [1.54, 1.807) is 10.7 Å². The summed E-state index contributed by atoms with van der Waals surface area (Å²) in [6, 6.07) is 11.3. The second-order valence-electron chi connectivity index (χ2n) is 8.96. The molecule has 1 heterocycles. The van der Waals surface area contributed by atoms with Gasteiger partial charge in [0, 0.05) is 22.4 Å². The maximum atomic E-state index is 12.6. The van der Waals surface area contributed by atoms with Crippen LogP contribution in [0.25, 0.3) is 5.69 Å². The Balaban J connectivity index is 1.39. The number of halogens is 2. The number of hydrogen-bond acceptors (Lipinski definition) is 6. The first-order chi connectivity index (χ1) is 16.3. The van der Waals surface area contributed by atoms with Gasteiger partial charge in [-0.25, -0.2) is 0 Å². The number of rotatable bonds is 8. The van der Waals surface area contributed by atoms with Crippen molar-refractivity contribution < 1.29 is 9.90 Å². The Morgan fingerprint density at radius 2 is 2.00 bits per heavy atom. The van der Waals surface area contributed by atoms with E-state index in [2.05, 4.69) is 33.4 Å². The lowest BCUT2D eigenvalue weighted by atomic mass is 9.95. The number of carbonyl (C=O) groups is 1. The van der Waals surface area contributed by atoms with E-state index in [0.717, 1.165) is 11.1 Å². The highest BCUT2D eigenvalue weighted by atomic mass is 35.5. The SMILES string of the molecule is CC(C)(C#Cc1ccc(CC(=O)CSc2nnnn2-c2ccc(C3CC3)cc2Cl)c(Cl)c1)CO. The average Bonchev–Trinajstić information content (AvgIpc) is 3.56. The van der Waals surface area contributed by atoms with Gasteiger partial charge in [0.2, 0.25) is 5.16 Å². The molecule has 1 aliphatic carbocycles. The van der Waals surface area contributed by atoms with Gasteiger partial charge in [-0.15, -0.1) is 5.10 Å². The number of thioether (sulfide) groups is 1. The minimum absolute atomic E-state index is 0.00289. The fourth-order valence-corrected chi connectivity index (χ4v) is 4.50. The van der Waals surface area contributed by atoms with Crippen LogP contribution >= 0.6 is 35.0 Å². The van der Waals surface area contributed by atoms with Crippen LogP contribution in [0.4, 0.5) is 0 Å². The standard InChI is InChI=1S/C25H24Cl2N4O2S/c1-25(2,15-32)10-9-16-3-4-19(21(26)11-16)12-20(33)14-34-24-28-29-30-31(24)23-8-7-18(13-22(23)27)17-5-6-17/h3-4,7-8,11,13,17,32H,5-6,12,14-15H2,1-2H3. The highest BCUT2D eigenvalue weighted by Crippen LogP contribution is 2.41. The maximum absolute atomic E-state index is 12.6. The molecule has 0 saturated heterocycles. The van der Waals surface area contributed by atoms with Gasteiger partial charge in [0.1, 0.15) is 5.78 Å². The molecule has 4 rings (SSSR count). The van der Waals surface area contributed by atoms with Crippen molar-refractivity contribution in [3.8, 4) is 17.5 Å². The van der Waals surface area contributed by atoms with Gasteiger partial charge in [-0.1, -0.05) is 58.9 Å². The van der Waals surface area contributed by atoms with Crippen LogP contribution in [0.2, 0.25) is 10.0 Å². The first-order valence-corrected chi connectivity index (χ1v) is 12.6. The number of aliphatic hydroxyl groups excluding tert-OH is 1. The summed E-state index contributed by atoms with van der Waals surface area (Å²) in [5.41, 5.74) is 2.91. The first kappa shape index (κ1) is 24.7. The van der Waals surface area contributed by atoms with Crippen molar-refractivity contribution in [3.63, 3.8) is 0 Å². The van der Waals surface area contributed by atoms with E-state index in [4.69, 9.17) is 23.2 Å². The molecule has 176 valence electrons. The smallest absolute Gasteiger partial charge is 0.214 e. The zero-order chi connectivity index (χ0) is 24.3. The van der Waals surface area contributed by atoms with Crippen LogP contribution in [-0.4, -0.2) is 43.5 Å². The molecular weight excluding hydrogens is 491 g/mol. The topological polar surface area (TPSA) is 80.9 Å². The Morgan fingerprint density at radius 1 is 1.21 bits per heavy atom. The molecule has 1 aromatic heterocycles. The molecule has 0 aliphatic heterocycles. The number of ketones is 1. The van der Waals surface area contributed by atoms with Crippen LogP contribution in [0.5, 0.6) is 0 Å². The van der Waals surface area contributed by atoms with Crippen molar-refractivity contribution in [1.82, 2.24) is 20.2 Å². The minimum Gasteiger partial charge on any atom is -0.395 e. The Morgan fingerprint density at radius 3 is 2.68 bits per heavy atom. The molecular formula is C25H24Cl2N4O2S. The molecule has 0 unspecified atom stereocenters. The Labute approximate surface area is 213 Å². The summed E-state index contributed by atoms with van der Waals surface area (Å²) < 4.78 is 1.56. The van der Waals surface area contributed by atoms with E-state index >= 15 is 0 Å². The zero-order valence-electron chi connectivity index (χ0n) is 18.9. The third kappa shape index (κ3) is 6.19. The quantitative estimate of drug-likeness (QED) is 0.331. The molecule has 1 saturated carbocycles. The lowest BCUT2D eigenvalue weighted by Gasteiger charge is -2.12. The molecule has 9 heteroatoms. The van der Waals surface area contributed by atoms with Crippen molar-refractivity contribution in [3.05, 3.63) is 63.1 Å². The minimum atomic E-state index is -0.489. The van der Waals surface area contributed by atoms with Crippen LogP contribution < -0.4 is 0 Å². The van der Waals surface area contributed by atoms with Gasteiger partial charge in [-0.05, 0) is 78.4 Å². The van der Waals surface area contributed by atoms with Crippen LogP contribution in [0.1, 0.15) is 49.3 Å². The number of aromatic nitrogens is 4. The highest BCUT2D eigenvalue weighted by molar-refractivity contribution is 7.99. The number of nitrogens with zero attached hydrogens (tertiary/aromatic N) is 4. The van der Waals surface area contributed by atoms with Gasteiger partial charge in [0.15, 0.2) is 0 Å². The van der Waals surface area contributed by atoms with E-state index in [9.17, 15) is 9.90 Å². The summed E-state index contributed by atoms with van der Waals surface area (Å²) in [6.45, 7) is 3.69. The number of aliphatic hydroxyl groups is 1. The normalized spacial score (nSPS) is 13.4.